The van der Waals surface area contributed by atoms with Crippen LogP contribution in [0.1, 0.15) is 42.3 Å². The molecule has 5 nitrogen and oxygen atoms in total. The van der Waals surface area contributed by atoms with Crippen LogP contribution in [0.4, 0.5) is 5.95 Å². The molecular formula is C21H26N4OS. The Morgan fingerprint density at radius 1 is 1.19 bits per heavy atom. The number of thiophene rings is 1. The van der Waals surface area contributed by atoms with E-state index in [4.69, 9.17) is 4.98 Å². The van der Waals surface area contributed by atoms with Crippen molar-refractivity contribution in [2.24, 2.45) is 5.92 Å². The maximum Gasteiger partial charge on any atom is 0.261 e. The zero-order chi connectivity index (χ0) is 19.0. The number of para-hydroxylation sites is 1. The lowest BCUT2D eigenvalue weighted by Crippen LogP contribution is -2.36. The van der Waals surface area contributed by atoms with Crippen LogP contribution in [0.2, 0.25) is 0 Å². The Hall–Kier alpha value is -2.34. The third kappa shape index (κ3) is 3.58. The van der Waals surface area contributed by atoms with Gasteiger partial charge in [-0.1, -0.05) is 25.1 Å². The molecule has 1 aliphatic carbocycles. The van der Waals surface area contributed by atoms with E-state index in [-0.39, 0.29) is 5.91 Å². The molecule has 142 valence electrons. The van der Waals surface area contributed by atoms with Gasteiger partial charge in [-0.15, -0.1) is 11.3 Å². The summed E-state index contributed by atoms with van der Waals surface area (Å²) < 4.78 is 2.12. The number of carbonyl (C=O) groups excluding carboxylic acids is 1. The second-order valence-electron chi connectivity index (χ2n) is 7.71. The summed E-state index contributed by atoms with van der Waals surface area (Å²) in [7, 11) is 3.98. The van der Waals surface area contributed by atoms with Gasteiger partial charge in [0, 0.05) is 25.8 Å². The van der Waals surface area contributed by atoms with E-state index in [0.717, 1.165) is 45.6 Å². The Kier molecular flexibility index (Phi) is 4.91. The largest absolute Gasteiger partial charge is 0.349 e. The molecule has 1 saturated carbocycles. The fourth-order valence-electron chi connectivity index (χ4n) is 3.74. The first-order valence-electron chi connectivity index (χ1n) is 9.59. The summed E-state index contributed by atoms with van der Waals surface area (Å²) in [6, 6.07) is 12.4. The van der Waals surface area contributed by atoms with Crippen molar-refractivity contribution in [3.63, 3.8) is 0 Å². The number of aromatic nitrogens is 2. The van der Waals surface area contributed by atoms with Gasteiger partial charge in [0.15, 0.2) is 0 Å². The SMILES string of the molecule is CC1CCC(NC(=O)c2cc3nc(N(C)C)n(-c4ccccc4)c3s2)CC1. The summed E-state index contributed by atoms with van der Waals surface area (Å²) in [4.78, 5) is 21.3. The van der Waals surface area contributed by atoms with Gasteiger partial charge >= 0.3 is 0 Å². The van der Waals surface area contributed by atoms with E-state index in [1.807, 2.05) is 43.3 Å². The van der Waals surface area contributed by atoms with Gasteiger partial charge in [-0.3, -0.25) is 9.36 Å². The van der Waals surface area contributed by atoms with Gasteiger partial charge in [0.05, 0.1) is 4.88 Å². The Balaban J connectivity index is 1.64. The molecule has 2 heterocycles. The Labute approximate surface area is 164 Å². The molecule has 0 bridgehead atoms. The predicted octanol–water partition coefficient (Wildman–Crippen LogP) is 4.46. The van der Waals surface area contributed by atoms with E-state index in [1.165, 1.54) is 24.2 Å². The molecule has 0 unspecified atom stereocenters. The molecule has 1 N–H and O–H groups in total. The summed E-state index contributed by atoms with van der Waals surface area (Å²) in [5.41, 5.74) is 1.92. The standard InChI is InChI=1S/C21H26N4OS/c1-14-9-11-15(12-10-14)22-19(26)18-13-17-20(27-18)25(21(23-17)24(2)3)16-7-5-4-6-8-16/h4-8,13-15H,9-12H2,1-3H3,(H,22,26). The molecule has 0 radical (unpaired) electrons. The number of rotatable bonds is 4. The molecule has 1 aliphatic rings. The lowest BCUT2D eigenvalue weighted by Gasteiger charge is -2.26. The lowest BCUT2D eigenvalue weighted by molar-refractivity contribution is 0.0927. The quantitative estimate of drug-likeness (QED) is 0.725. The highest BCUT2D eigenvalue weighted by molar-refractivity contribution is 7.20. The molecule has 3 aromatic rings. The summed E-state index contributed by atoms with van der Waals surface area (Å²) in [6.07, 6.45) is 4.56. The number of amides is 1. The van der Waals surface area contributed by atoms with Crippen molar-refractivity contribution in [3.05, 3.63) is 41.3 Å². The second-order valence-corrected chi connectivity index (χ2v) is 8.74. The van der Waals surface area contributed by atoms with Crippen LogP contribution in [-0.2, 0) is 0 Å². The van der Waals surface area contributed by atoms with E-state index >= 15 is 0 Å². The van der Waals surface area contributed by atoms with Gasteiger partial charge < -0.3 is 10.2 Å². The fourth-order valence-corrected chi connectivity index (χ4v) is 4.76. The van der Waals surface area contributed by atoms with E-state index < -0.39 is 0 Å². The van der Waals surface area contributed by atoms with Gasteiger partial charge in [0.25, 0.3) is 5.91 Å². The Morgan fingerprint density at radius 3 is 2.56 bits per heavy atom. The van der Waals surface area contributed by atoms with Crippen molar-refractivity contribution in [1.29, 1.82) is 0 Å². The van der Waals surface area contributed by atoms with Crippen molar-refractivity contribution >= 4 is 33.5 Å². The van der Waals surface area contributed by atoms with Crippen molar-refractivity contribution in [1.82, 2.24) is 14.9 Å². The topological polar surface area (TPSA) is 50.2 Å². The van der Waals surface area contributed by atoms with E-state index in [2.05, 4.69) is 28.9 Å². The van der Waals surface area contributed by atoms with E-state index in [9.17, 15) is 4.79 Å². The number of hydrogen-bond acceptors (Lipinski definition) is 4. The molecule has 0 atom stereocenters. The minimum absolute atomic E-state index is 0.0311. The second kappa shape index (κ2) is 7.35. The number of imidazole rings is 1. The minimum atomic E-state index is 0.0311. The first-order valence-corrected chi connectivity index (χ1v) is 10.4. The van der Waals surface area contributed by atoms with Crippen LogP contribution >= 0.6 is 11.3 Å². The maximum absolute atomic E-state index is 12.8. The average Bonchev–Trinajstić information content (AvgIpc) is 3.22. The smallest absolute Gasteiger partial charge is 0.261 e. The normalized spacial score (nSPS) is 20.0. The van der Waals surface area contributed by atoms with Crippen LogP contribution in [0.3, 0.4) is 0 Å². The van der Waals surface area contributed by atoms with Crippen LogP contribution in [-0.4, -0.2) is 35.6 Å². The molecule has 6 heteroatoms. The van der Waals surface area contributed by atoms with Crippen molar-refractivity contribution in [2.75, 3.05) is 19.0 Å². The monoisotopic (exact) mass is 382 g/mol. The number of benzene rings is 1. The Morgan fingerprint density at radius 2 is 1.89 bits per heavy atom. The molecule has 2 aromatic heterocycles. The van der Waals surface area contributed by atoms with Crippen molar-refractivity contribution < 1.29 is 4.79 Å². The van der Waals surface area contributed by atoms with Crippen molar-refractivity contribution in [2.45, 2.75) is 38.6 Å². The van der Waals surface area contributed by atoms with Gasteiger partial charge in [-0.2, -0.15) is 0 Å². The molecule has 0 spiro atoms. The summed E-state index contributed by atoms with van der Waals surface area (Å²) in [5.74, 6) is 1.68. The summed E-state index contributed by atoms with van der Waals surface area (Å²) in [6.45, 7) is 2.29. The summed E-state index contributed by atoms with van der Waals surface area (Å²) >= 11 is 1.52. The predicted molar refractivity (Wildman–Crippen MR) is 112 cm³/mol. The Bertz CT molecular complexity index is 936. The number of fused-ring (bicyclic) bond motifs is 1. The van der Waals surface area contributed by atoms with Crippen LogP contribution in [0.15, 0.2) is 36.4 Å². The number of hydrogen-bond donors (Lipinski definition) is 1. The molecule has 0 aliphatic heterocycles. The molecule has 4 rings (SSSR count). The highest BCUT2D eigenvalue weighted by Crippen LogP contribution is 2.33. The zero-order valence-corrected chi connectivity index (χ0v) is 16.9. The van der Waals surface area contributed by atoms with E-state index in [1.54, 1.807) is 0 Å². The number of carbonyl (C=O) groups is 1. The van der Waals surface area contributed by atoms with Gasteiger partial charge in [0.1, 0.15) is 10.3 Å². The fraction of sp³-hybridized carbons (Fsp3) is 0.429. The molecule has 0 saturated heterocycles. The first kappa shape index (κ1) is 18.0. The minimum Gasteiger partial charge on any atom is -0.349 e. The van der Waals surface area contributed by atoms with Crippen LogP contribution in [0.25, 0.3) is 16.0 Å². The van der Waals surface area contributed by atoms with E-state index in [0.29, 0.717) is 6.04 Å². The zero-order valence-electron chi connectivity index (χ0n) is 16.1. The lowest BCUT2D eigenvalue weighted by atomic mass is 9.87. The van der Waals surface area contributed by atoms with Gasteiger partial charge in [-0.25, -0.2) is 4.98 Å². The van der Waals surface area contributed by atoms with Crippen LogP contribution in [0.5, 0.6) is 0 Å². The molecule has 27 heavy (non-hydrogen) atoms. The third-order valence-electron chi connectivity index (χ3n) is 5.31. The third-order valence-corrected chi connectivity index (χ3v) is 6.41. The first-order chi connectivity index (χ1) is 13.0. The number of nitrogens with one attached hydrogen (secondary N) is 1. The molecule has 1 amide bonds. The van der Waals surface area contributed by atoms with Gasteiger partial charge in [-0.05, 0) is 49.8 Å². The molecule has 1 fully saturated rings. The van der Waals surface area contributed by atoms with Crippen LogP contribution in [0, 0.1) is 5.92 Å². The average molecular weight is 383 g/mol. The highest BCUT2D eigenvalue weighted by atomic mass is 32.1. The molecule has 1 aromatic carbocycles. The van der Waals surface area contributed by atoms with Crippen molar-refractivity contribution in [3.8, 4) is 5.69 Å². The number of nitrogens with zero attached hydrogens (tertiary/aromatic N) is 3. The van der Waals surface area contributed by atoms with Gasteiger partial charge in [0.2, 0.25) is 5.95 Å². The molecular weight excluding hydrogens is 356 g/mol. The maximum atomic E-state index is 12.8. The van der Waals surface area contributed by atoms with Crippen LogP contribution < -0.4 is 10.2 Å². The number of anilines is 1. The summed E-state index contributed by atoms with van der Waals surface area (Å²) in [5, 5.41) is 3.23. The highest BCUT2D eigenvalue weighted by Gasteiger charge is 2.23.